The Hall–Kier alpha value is -0.450. The van der Waals surface area contributed by atoms with E-state index in [9.17, 15) is 0 Å². The van der Waals surface area contributed by atoms with Gasteiger partial charge in [-0.2, -0.15) is 0 Å². The second-order valence-electron chi connectivity index (χ2n) is 6.53. The molecule has 0 aliphatic heterocycles. The smallest absolute Gasteiger partial charge is 0.0982 e. The third kappa shape index (κ3) is 4.55. The summed E-state index contributed by atoms with van der Waals surface area (Å²) in [7, 11) is 0. The van der Waals surface area contributed by atoms with Gasteiger partial charge in [0, 0.05) is 30.0 Å². The minimum absolute atomic E-state index is 0.157. The molecule has 3 nitrogen and oxygen atoms in total. The fourth-order valence-corrected chi connectivity index (χ4v) is 3.09. The maximum Gasteiger partial charge on any atom is 0.0982 e. The minimum atomic E-state index is 0.157. The van der Waals surface area contributed by atoms with Gasteiger partial charge in [0.1, 0.15) is 0 Å². The van der Waals surface area contributed by atoms with Crippen molar-refractivity contribution in [1.82, 2.24) is 9.88 Å². The molecule has 0 atom stereocenters. The van der Waals surface area contributed by atoms with E-state index in [0.717, 1.165) is 32.0 Å². The second-order valence-corrected chi connectivity index (χ2v) is 7.38. The lowest BCUT2D eigenvalue weighted by Crippen LogP contribution is -2.27. The number of rotatable bonds is 7. The molecule has 0 aromatic carbocycles. The van der Waals surface area contributed by atoms with E-state index in [1.54, 1.807) is 11.3 Å². The first-order valence-corrected chi connectivity index (χ1v) is 8.18. The fraction of sp³-hybridized carbons (Fsp3) is 0.800. The van der Waals surface area contributed by atoms with Crippen LogP contribution in [0.4, 0.5) is 0 Å². The molecule has 1 aromatic rings. The molecule has 1 aliphatic carbocycles. The number of aromatic nitrogens is 1. The molecule has 1 saturated carbocycles. The normalized spacial score (nSPS) is 16.3. The van der Waals surface area contributed by atoms with Gasteiger partial charge in [-0.25, -0.2) is 4.98 Å². The van der Waals surface area contributed by atoms with Crippen molar-refractivity contribution in [2.45, 2.75) is 64.5 Å². The maximum absolute atomic E-state index is 8.89. The molecule has 0 amide bonds. The van der Waals surface area contributed by atoms with Crippen LogP contribution in [-0.2, 0) is 12.0 Å². The van der Waals surface area contributed by atoms with Crippen molar-refractivity contribution in [2.75, 3.05) is 13.2 Å². The van der Waals surface area contributed by atoms with Crippen LogP contribution in [0.3, 0.4) is 0 Å². The zero-order valence-corrected chi connectivity index (χ0v) is 13.2. The first-order chi connectivity index (χ1) is 9.00. The molecular weight excluding hydrogens is 256 g/mol. The van der Waals surface area contributed by atoms with Gasteiger partial charge in [0.05, 0.1) is 10.7 Å². The van der Waals surface area contributed by atoms with Crippen LogP contribution in [0, 0.1) is 0 Å². The van der Waals surface area contributed by atoms with E-state index in [1.807, 2.05) is 0 Å². The third-order valence-corrected chi connectivity index (χ3v) is 4.79. The van der Waals surface area contributed by atoms with Crippen LogP contribution in [0.2, 0.25) is 0 Å². The lowest BCUT2D eigenvalue weighted by Gasteiger charge is -2.20. The predicted octanol–water partition coefficient (Wildman–Crippen LogP) is 3.18. The standard InChI is InChI=1S/C15H26N2OS/c1-15(2,3)14-16-12(11-19-14)10-17(13-6-7-13)8-4-5-9-18/h11,13,18H,4-10H2,1-3H3. The Balaban J connectivity index is 1.91. The largest absolute Gasteiger partial charge is 0.396 e. The lowest BCUT2D eigenvalue weighted by molar-refractivity contribution is 0.227. The Kier molecular flexibility index (Phi) is 4.98. The summed E-state index contributed by atoms with van der Waals surface area (Å²) in [6.45, 7) is 9.03. The van der Waals surface area contributed by atoms with Gasteiger partial charge in [-0.15, -0.1) is 11.3 Å². The number of thiazole rings is 1. The van der Waals surface area contributed by atoms with Gasteiger partial charge in [0.15, 0.2) is 0 Å². The van der Waals surface area contributed by atoms with Crippen molar-refractivity contribution in [3.05, 3.63) is 16.1 Å². The van der Waals surface area contributed by atoms with Crippen LogP contribution in [0.5, 0.6) is 0 Å². The van der Waals surface area contributed by atoms with Crippen molar-refractivity contribution in [1.29, 1.82) is 0 Å². The minimum Gasteiger partial charge on any atom is -0.396 e. The molecule has 0 spiro atoms. The molecule has 1 heterocycles. The average molecular weight is 282 g/mol. The monoisotopic (exact) mass is 282 g/mol. The summed E-state index contributed by atoms with van der Waals surface area (Å²) in [6.07, 6.45) is 4.65. The topological polar surface area (TPSA) is 36.4 Å². The molecule has 19 heavy (non-hydrogen) atoms. The number of unbranched alkanes of at least 4 members (excludes halogenated alkanes) is 1. The molecule has 1 N–H and O–H groups in total. The highest BCUT2D eigenvalue weighted by molar-refractivity contribution is 7.09. The Morgan fingerprint density at radius 1 is 1.37 bits per heavy atom. The van der Waals surface area contributed by atoms with E-state index in [2.05, 4.69) is 31.1 Å². The molecule has 1 fully saturated rings. The predicted molar refractivity (Wildman–Crippen MR) is 80.6 cm³/mol. The molecule has 0 bridgehead atoms. The molecule has 108 valence electrons. The van der Waals surface area contributed by atoms with Gasteiger partial charge in [-0.3, -0.25) is 4.90 Å². The summed E-state index contributed by atoms with van der Waals surface area (Å²) < 4.78 is 0. The SMILES string of the molecule is CC(C)(C)c1nc(CN(CCCCO)C2CC2)cs1. The van der Waals surface area contributed by atoms with Crippen LogP contribution in [0.1, 0.15) is 57.2 Å². The fourth-order valence-electron chi connectivity index (χ4n) is 2.19. The summed E-state index contributed by atoms with van der Waals surface area (Å²) in [5.41, 5.74) is 1.37. The summed E-state index contributed by atoms with van der Waals surface area (Å²) in [5.74, 6) is 0. The summed E-state index contributed by atoms with van der Waals surface area (Å²) in [6, 6.07) is 0.762. The molecule has 4 heteroatoms. The number of aliphatic hydroxyl groups excluding tert-OH is 1. The second kappa shape index (κ2) is 6.33. The Morgan fingerprint density at radius 3 is 2.63 bits per heavy atom. The summed E-state index contributed by atoms with van der Waals surface area (Å²) in [4.78, 5) is 7.33. The quantitative estimate of drug-likeness (QED) is 0.780. The molecule has 2 rings (SSSR count). The number of nitrogens with zero attached hydrogens (tertiary/aromatic N) is 2. The van der Waals surface area contributed by atoms with E-state index in [0.29, 0.717) is 6.61 Å². The van der Waals surface area contributed by atoms with Crippen molar-refractivity contribution in [3.8, 4) is 0 Å². The molecule has 0 unspecified atom stereocenters. The van der Waals surface area contributed by atoms with E-state index < -0.39 is 0 Å². The van der Waals surface area contributed by atoms with Crippen LogP contribution in [0.25, 0.3) is 0 Å². The van der Waals surface area contributed by atoms with Crippen LogP contribution >= 0.6 is 11.3 Å². The Labute approximate surface area is 120 Å². The number of aliphatic hydroxyl groups is 1. The molecule has 0 radical (unpaired) electrons. The van der Waals surface area contributed by atoms with Crippen LogP contribution in [-0.4, -0.2) is 34.2 Å². The molecule has 0 saturated heterocycles. The lowest BCUT2D eigenvalue weighted by atomic mass is 9.98. The number of hydrogen-bond acceptors (Lipinski definition) is 4. The molecule has 1 aromatic heterocycles. The molecule has 1 aliphatic rings. The van der Waals surface area contributed by atoms with Gasteiger partial charge in [0.25, 0.3) is 0 Å². The van der Waals surface area contributed by atoms with Gasteiger partial charge in [-0.1, -0.05) is 20.8 Å². The van der Waals surface area contributed by atoms with Crippen molar-refractivity contribution in [3.63, 3.8) is 0 Å². The zero-order valence-electron chi connectivity index (χ0n) is 12.4. The Morgan fingerprint density at radius 2 is 2.11 bits per heavy atom. The van der Waals surface area contributed by atoms with Crippen molar-refractivity contribution < 1.29 is 5.11 Å². The van der Waals surface area contributed by atoms with E-state index in [-0.39, 0.29) is 5.41 Å². The highest BCUT2D eigenvalue weighted by Crippen LogP contribution is 2.30. The third-order valence-electron chi connectivity index (χ3n) is 3.48. The van der Waals surface area contributed by atoms with Gasteiger partial charge in [-0.05, 0) is 32.2 Å². The summed E-state index contributed by atoms with van der Waals surface area (Å²) in [5, 5.41) is 12.3. The highest BCUT2D eigenvalue weighted by atomic mass is 32.1. The number of hydrogen-bond donors (Lipinski definition) is 1. The first kappa shape index (κ1) is 14.9. The highest BCUT2D eigenvalue weighted by Gasteiger charge is 2.29. The van der Waals surface area contributed by atoms with E-state index in [1.165, 1.54) is 23.5 Å². The van der Waals surface area contributed by atoms with Gasteiger partial charge < -0.3 is 5.11 Å². The van der Waals surface area contributed by atoms with Gasteiger partial charge >= 0.3 is 0 Å². The summed E-state index contributed by atoms with van der Waals surface area (Å²) >= 11 is 1.78. The average Bonchev–Trinajstić information content (AvgIpc) is 3.06. The van der Waals surface area contributed by atoms with Crippen LogP contribution in [0.15, 0.2) is 5.38 Å². The first-order valence-electron chi connectivity index (χ1n) is 7.30. The van der Waals surface area contributed by atoms with Gasteiger partial charge in [0.2, 0.25) is 0 Å². The van der Waals surface area contributed by atoms with Crippen molar-refractivity contribution in [2.24, 2.45) is 0 Å². The van der Waals surface area contributed by atoms with Crippen LogP contribution < -0.4 is 0 Å². The Bertz CT molecular complexity index is 393. The van der Waals surface area contributed by atoms with E-state index >= 15 is 0 Å². The van der Waals surface area contributed by atoms with Crippen molar-refractivity contribution >= 4 is 11.3 Å². The molecular formula is C15H26N2OS. The zero-order chi connectivity index (χ0) is 13.9. The maximum atomic E-state index is 8.89. The van der Waals surface area contributed by atoms with E-state index in [4.69, 9.17) is 10.1 Å².